The number of hydrogen-bond acceptors (Lipinski definition) is 1. The summed E-state index contributed by atoms with van der Waals surface area (Å²) in [6.45, 7) is 4.90. The number of hydrogen-bond donors (Lipinski definition) is 1. The Labute approximate surface area is 200 Å². The Morgan fingerprint density at radius 3 is 1.85 bits per heavy atom. The van der Waals surface area contributed by atoms with Gasteiger partial charge in [-0.3, -0.25) is 4.40 Å². The molecule has 2 nitrogen and oxygen atoms in total. The van der Waals surface area contributed by atoms with Gasteiger partial charge in [0, 0.05) is 20.4 Å². The quantitative estimate of drug-likeness (QED) is 0.204. The normalized spacial score (nSPS) is 18.7. The second-order valence-corrected chi connectivity index (χ2v) is 16.1. The topological polar surface area (TPSA) is 17.3 Å². The van der Waals surface area contributed by atoms with Gasteiger partial charge in [-0.05, 0) is 41.3 Å². The Morgan fingerprint density at radius 1 is 0.647 bits per heavy atom. The van der Waals surface area contributed by atoms with Crippen LogP contribution >= 0.6 is 9.16 Å². The van der Waals surface area contributed by atoms with Crippen LogP contribution < -0.4 is 0 Å². The van der Waals surface area contributed by atoms with Crippen LogP contribution in [-0.4, -0.2) is 15.6 Å². The molecule has 3 heterocycles. The highest BCUT2D eigenvalue weighted by atomic mass is 32.3. The zero-order valence-corrected chi connectivity index (χ0v) is 20.6. The van der Waals surface area contributed by atoms with Crippen LogP contribution in [0.1, 0.15) is 19.5 Å². The predicted octanol–water partition coefficient (Wildman–Crippen LogP) is 8.07. The van der Waals surface area contributed by atoms with E-state index in [0.717, 1.165) is 5.65 Å². The first kappa shape index (κ1) is 19.9. The monoisotopic (exact) mass is 460 g/mol. The minimum Gasteiger partial charge on any atom is -0.294 e. The van der Waals surface area contributed by atoms with Gasteiger partial charge in [-0.15, -0.1) is 0 Å². The Bertz CT molecular complexity index is 1710. The van der Waals surface area contributed by atoms with Crippen molar-refractivity contribution in [1.29, 1.82) is 0 Å². The molecule has 0 bridgehead atoms. The maximum absolute atomic E-state index is 5.06. The number of pyridine rings is 1. The molecule has 0 spiro atoms. The summed E-state index contributed by atoms with van der Waals surface area (Å²) in [5.41, 5.74) is 3.67. The van der Waals surface area contributed by atoms with Gasteiger partial charge in [-0.25, -0.2) is 14.1 Å². The molecule has 0 saturated heterocycles. The average molecular weight is 461 g/mol. The minimum atomic E-state index is -3.03. The molecule has 0 aliphatic carbocycles. The van der Waals surface area contributed by atoms with E-state index in [4.69, 9.17) is 4.98 Å². The number of para-hydroxylation sites is 1. The summed E-state index contributed by atoms with van der Waals surface area (Å²) < 4.78 is 2.28. The van der Waals surface area contributed by atoms with Crippen LogP contribution in [0.25, 0.3) is 27.3 Å². The van der Waals surface area contributed by atoms with Gasteiger partial charge in [0.2, 0.25) is 0 Å². The minimum absolute atomic E-state index is 0.183. The first-order valence-electron chi connectivity index (χ1n) is 11.9. The highest BCUT2D eigenvalue weighted by molar-refractivity contribution is 8.49. The van der Waals surface area contributed by atoms with Gasteiger partial charge >= 0.3 is 0 Å². The molecule has 0 amide bonds. The summed E-state index contributed by atoms with van der Waals surface area (Å²) in [5, 5.41) is 3.79. The second-order valence-electron chi connectivity index (χ2n) is 10.3. The van der Waals surface area contributed by atoms with Crippen LogP contribution in [0, 0.1) is 0 Å². The summed E-state index contributed by atoms with van der Waals surface area (Å²) in [5.74, 6) is 0. The lowest BCUT2D eigenvalue weighted by atomic mass is 10.0. The molecule has 0 saturated carbocycles. The number of nitrogens with zero attached hydrogens (tertiary/aromatic N) is 2. The van der Waals surface area contributed by atoms with Gasteiger partial charge in [0.15, 0.2) is 0 Å². The first-order chi connectivity index (χ1) is 16.5. The van der Waals surface area contributed by atoms with Crippen molar-refractivity contribution in [2.75, 3.05) is 6.26 Å². The van der Waals surface area contributed by atoms with E-state index >= 15 is 0 Å². The molecule has 0 unspecified atom stereocenters. The van der Waals surface area contributed by atoms with Crippen molar-refractivity contribution < 1.29 is 0 Å². The first-order valence-corrected chi connectivity index (χ1v) is 14.6. The van der Waals surface area contributed by atoms with E-state index in [9.17, 15) is 0 Å². The molecule has 6 aromatic rings. The van der Waals surface area contributed by atoms with E-state index < -0.39 is 9.16 Å². The van der Waals surface area contributed by atoms with Crippen LogP contribution in [0.4, 0.5) is 0 Å². The third-order valence-electron chi connectivity index (χ3n) is 8.89. The number of aromatic nitrogens is 2. The van der Waals surface area contributed by atoms with Crippen molar-refractivity contribution >= 4 is 36.5 Å². The van der Waals surface area contributed by atoms with Crippen LogP contribution in [0.3, 0.4) is 0 Å². The molecule has 168 valence electrons. The van der Waals surface area contributed by atoms with Crippen LogP contribution in [0.15, 0.2) is 124 Å². The number of thiol groups is 1. The molecule has 4 aromatic carbocycles. The predicted molar refractivity (Wildman–Crippen MR) is 146 cm³/mol. The lowest BCUT2D eigenvalue weighted by Gasteiger charge is -2.70. The fourth-order valence-electron chi connectivity index (χ4n) is 6.81. The Balaban J connectivity index is 1.85. The molecule has 0 atom stereocenters. The number of benzene rings is 4. The zero-order valence-electron chi connectivity index (χ0n) is 19.7. The van der Waals surface area contributed by atoms with Gasteiger partial charge in [0.05, 0.1) is 17.4 Å². The maximum Gasteiger partial charge on any atom is 0.145 e. The number of imidazole rings is 1. The average Bonchev–Trinajstić information content (AvgIpc) is 3.35. The van der Waals surface area contributed by atoms with E-state index in [0.29, 0.717) is 0 Å². The van der Waals surface area contributed by atoms with Crippen LogP contribution in [0.2, 0.25) is 0 Å². The van der Waals surface area contributed by atoms with Crippen molar-refractivity contribution in [3.05, 3.63) is 115 Å². The van der Waals surface area contributed by atoms with Crippen molar-refractivity contribution in [3.63, 3.8) is 0 Å². The third-order valence-corrected chi connectivity index (χ3v) is 16.7. The van der Waals surface area contributed by atoms with Crippen molar-refractivity contribution in [3.8, 4) is 0 Å². The number of rotatable bonds is 2. The molecule has 0 radical (unpaired) electrons. The molecule has 1 aliphatic heterocycles. The highest BCUT2D eigenvalue weighted by Gasteiger charge is 2.58. The van der Waals surface area contributed by atoms with E-state index in [2.05, 4.69) is 134 Å². The van der Waals surface area contributed by atoms with E-state index in [1.165, 1.54) is 42.1 Å². The fraction of sp³-hybridized carbons (Fsp3) is 0.129. The molecule has 34 heavy (non-hydrogen) atoms. The van der Waals surface area contributed by atoms with Gasteiger partial charge in [0.25, 0.3) is 0 Å². The third kappa shape index (κ3) is 1.96. The largest absolute Gasteiger partial charge is 0.294 e. The van der Waals surface area contributed by atoms with Crippen molar-refractivity contribution in [2.45, 2.75) is 33.3 Å². The number of fused-ring (bicyclic) bond motifs is 3. The molecule has 7 rings (SSSR count). The highest BCUT2D eigenvalue weighted by Crippen LogP contribution is 2.93. The Morgan fingerprint density at radius 2 is 1.21 bits per heavy atom. The maximum atomic E-state index is 5.06. The molecular weight excluding hydrogens is 432 g/mol. The van der Waals surface area contributed by atoms with E-state index in [1.54, 1.807) is 0 Å². The SMILES string of the molecule is CC1(C)c2cnc3c4ccccc4c4cccc(c4n23)[SH]1(C)(c1ccccc1)c1ccccc1. The van der Waals surface area contributed by atoms with Gasteiger partial charge in [-0.2, -0.15) is 0 Å². The van der Waals surface area contributed by atoms with E-state index in [1.807, 2.05) is 0 Å². The zero-order chi connectivity index (χ0) is 23.2. The molecule has 3 heteroatoms. The summed E-state index contributed by atoms with van der Waals surface area (Å²) in [6, 6.07) is 38.2. The second kappa shape index (κ2) is 6.31. The standard InChI is InChI=1S/C31H28N2S/c1-31(2)28-21-32-30-26-18-11-10-17-24(26)25-19-12-20-27(29(25)33(28)30)34(31,3,22-13-6-4-7-14-22)23-15-8-5-9-16-23/h4-21,34H,1-3H3. The fourth-order valence-corrected chi connectivity index (χ4v) is 13.3. The molecular formula is C31H28N2S. The molecule has 2 aromatic heterocycles. The lowest BCUT2D eigenvalue weighted by Crippen LogP contribution is -2.41. The molecule has 0 fully saturated rings. The summed E-state index contributed by atoms with van der Waals surface area (Å²) in [4.78, 5) is 9.36. The molecule has 1 aliphatic rings. The van der Waals surface area contributed by atoms with Crippen LogP contribution in [0.5, 0.6) is 0 Å². The summed E-state index contributed by atoms with van der Waals surface area (Å²) >= 11 is 0. The van der Waals surface area contributed by atoms with E-state index in [-0.39, 0.29) is 4.75 Å². The van der Waals surface area contributed by atoms with Gasteiger partial charge in [0.1, 0.15) is 5.65 Å². The van der Waals surface area contributed by atoms with Crippen LogP contribution in [-0.2, 0) is 4.75 Å². The Hall–Kier alpha value is -3.56. The smallest absolute Gasteiger partial charge is 0.145 e. The van der Waals surface area contributed by atoms with Gasteiger partial charge < -0.3 is 0 Å². The van der Waals surface area contributed by atoms with Crippen molar-refractivity contribution in [1.82, 2.24) is 9.38 Å². The Kier molecular flexibility index (Phi) is 3.69. The summed E-state index contributed by atoms with van der Waals surface area (Å²) in [6.07, 6.45) is 4.73. The lowest BCUT2D eigenvalue weighted by molar-refractivity contribution is 0.698. The summed E-state index contributed by atoms with van der Waals surface area (Å²) in [7, 11) is -3.03. The van der Waals surface area contributed by atoms with Crippen molar-refractivity contribution in [2.24, 2.45) is 0 Å². The van der Waals surface area contributed by atoms with Gasteiger partial charge in [-0.1, -0.05) is 97.1 Å². The molecule has 0 N–H and O–H groups in total.